The first-order valence-corrected chi connectivity index (χ1v) is 8.83. The van der Waals surface area contributed by atoms with Gasteiger partial charge in [0.2, 0.25) is 10.0 Å². The van der Waals surface area contributed by atoms with Gasteiger partial charge in [-0.25, -0.2) is 23.5 Å². The van der Waals surface area contributed by atoms with Gasteiger partial charge in [-0.15, -0.1) is 0 Å². The monoisotopic (exact) mass is 370 g/mol. The van der Waals surface area contributed by atoms with Crippen LogP contribution in [0.2, 0.25) is 0 Å². The fourth-order valence-electron chi connectivity index (χ4n) is 2.26. The predicted molar refractivity (Wildman–Crippen MR) is 94.2 cm³/mol. The molecular formula is C17H14N4O4S. The van der Waals surface area contributed by atoms with E-state index in [0.29, 0.717) is 33.7 Å². The number of pyridine rings is 1. The van der Waals surface area contributed by atoms with Gasteiger partial charge in [-0.05, 0) is 18.1 Å². The summed E-state index contributed by atoms with van der Waals surface area (Å²) >= 11 is 0. The number of aromatic nitrogens is 3. The summed E-state index contributed by atoms with van der Waals surface area (Å²) in [5.74, 6) is 6.80. The second kappa shape index (κ2) is 6.95. The van der Waals surface area contributed by atoms with Crippen molar-refractivity contribution in [3.63, 3.8) is 0 Å². The first kappa shape index (κ1) is 17.6. The molecule has 0 atom stereocenters. The molecule has 0 aliphatic carbocycles. The van der Waals surface area contributed by atoms with E-state index in [1.54, 1.807) is 12.1 Å². The number of ether oxygens (including phenoxy) is 2. The Balaban J connectivity index is 2.10. The highest BCUT2D eigenvalue weighted by Crippen LogP contribution is 2.31. The summed E-state index contributed by atoms with van der Waals surface area (Å²) in [6.45, 7) is 0. The number of nitrogens with zero attached hydrogens (tertiary/aromatic N) is 3. The molecule has 0 aliphatic rings. The summed E-state index contributed by atoms with van der Waals surface area (Å²) in [6.07, 6.45) is 3.99. The van der Waals surface area contributed by atoms with Crippen LogP contribution in [0.4, 0.5) is 0 Å². The molecule has 8 nitrogen and oxygen atoms in total. The molecule has 0 spiro atoms. The molecule has 0 bridgehead atoms. The van der Waals surface area contributed by atoms with Crippen LogP contribution in [0, 0.1) is 11.8 Å². The van der Waals surface area contributed by atoms with Crippen LogP contribution in [0.3, 0.4) is 0 Å². The molecular weight excluding hydrogens is 356 g/mol. The van der Waals surface area contributed by atoms with E-state index >= 15 is 0 Å². The highest BCUT2D eigenvalue weighted by molar-refractivity contribution is 7.89. The molecule has 0 unspecified atom stereocenters. The molecule has 2 heterocycles. The van der Waals surface area contributed by atoms with Gasteiger partial charge in [-0.1, -0.05) is 5.92 Å². The van der Waals surface area contributed by atoms with E-state index in [0.717, 1.165) is 6.20 Å². The number of primary sulfonamides is 1. The molecule has 2 aromatic heterocycles. The third-order valence-electron chi connectivity index (χ3n) is 3.51. The fraction of sp³-hybridized carbons (Fsp3) is 0.118. The Kier molecular flexibility index (Phi) is 4.71. The Labute approximate surface area is 150 Å². The van der Waals surface area contributed by atoms with Crippen molar-refractivity contribution < 1.29 is 17.9 Å². The molecule has 2 N–H and O–H groups in total. The minimum atomic E-state index is -3.85. The van der Waals surface area contributed by atoms with Gasteiger partial charge in [0.25, 0.3) is 0 Å². The largest absolute Gasteiger partial charge is 0.493 e. The molecule has 1 aromatic carbocycles. The molecule has 0 fully saturated rings. The highest BCUT2D eigenvalue weighted by Gasteiger charge is 2.10. The van der Waals surface area contributed by atoms with Gasteiger partial charge in [0.15, 0.2) is 11.5 Å². The van der Waals surface area contributed by atoms with Gasteiger partial charge >= 0.3 is 0 Å². The Bertz CT molecular complexity index is 1150. The van der Waals surface area contributed by atoms with Gasteiger partial charge < -0.3 is 9.47 Å². The van der Waals surface area contributed by atoms with Crippen molar-refractivity contribution in [2.45, 2.75) is 4.90 Å². The second-order valence-corrected chi connectivity index (χ2v) is 6.71. The summed E-state index contributed by atoms with van der Waals surface area (Å²) in [4.78, 5) is 12.1. The minimum absolute atomic E-state index is 0.108. The Morgan fingerprint density at radius 1 is 1.00 bits per heavy atom. The molecule has 0 amide bonds. The fourth-order valence-corrected chi connectivity index (χ4v) is 2.76. The maximum atomic E-state index is 11.4. The summed E-state index contributed by atoms with van der Waals surface area (Å²) in [6, 6.07) is 4.81. The lowest BCUT2D eigenvalue weighted by molar-refractivity contribution is 0.356. The van der Waals surface area contributed by atoms with Crippen LogP contribution in [-0.2, 0) is 10.0 Å². The van der Waals surface area contributed by atoms with Crippen LogP contribution in [0.15, 0.2) is 41.8 Å². The number of hydrogen-bond acceptors (Lipinski definition) is 7. The van der Waals surface area contributed by atoms with Crippen molar-refractivity contribution in [1.29, 1.82) is 0 Å². The zero-order valence-corrected chi connectivity index (χ0v) is 14.7. The van der Waals surface area contributed by atoms with Crippen molar-refractivity contribution in [1.82, 2.24) is 15.0 Å². The molecule has 3 rings (SSSR count). The zero-order chi connectivity index (χ0) is 18.7. The van der Waals surface area contributed by atoms with Crippen LogP contribution in [0.25, 0.3) is 10.9 Å². The van der Waals surface area contributed by atoms with Gasteiger partial charge in [0.05, 0.1) is 19.7 Å². The number of rotatable bonds is 3. The average molecular weight is 370 g/mol. The van der Waals surface area contributed by atoms with Crippen molar-refractivity contribution in [3.05, 3.63) is 48.2 Å². The Morgan fingerprint density at radius 3 is 2.42 bits per heavy atom. The van der Waals surface area contributed by atoms with Crippen molar-refractivity contribution in [2.75, 3.05) is 14.2 Å². The lowest BCUT2D eigenvalue weighted by Crippen LogP contribution is -2.12. The van der Waals surface area contributed by atoms with Crippen molar-refractivity contribution in [3.8, 4) is 23.3 Å². The Hall–Kier alpha value is -3.22. The molecule has 9 heteroatoms. The molecule has 0 saturated heterocycles. The molecule has 132 valence electrons. The lowest BCUT2D eigenvalue weighted by atomic mass is 10.1. The van der Waals surface area contributed by atoms with Crippen molar-refractivity contribution >= 4 is 20.9 Å². The number of fused-ring (bicyclic) bond motifs is 1. The maximum absolute atomic E-state index is 11.4. The van der Waals surface area contributed by atoms with E-state index < -0.39 is 10.0 Å². The quantitative estimate of drug-likeness (QED) is 0.686. The van der Waals surface area contributed by atoms with E-state index in [-0.39, 0.29) is 4.90 Å². The topological polar surface area (TPSA) is 117 Å². The summed E-state index contributed by atoms with van der Waals surface area (Å²) in [5, 5.41) is 5.78. The summed E-state index contributed by atoms with van der Waals surface area (Å²) in [5.41, 5.74) is 1.49. The van der Waals surface area contributed by atoms with Gasteiger partial charge in [-0.3, -0.25) is 4.98 Å². The van der Waals surface area contributed by atoms with Crippen LogP contribution in [-0.4, -0.2) is 37.6 Å². The summed E-state index contributed by atoms with van der Waals surface area (Å²) in [7, 11) is -0.776. The molecule has 3 aromatic rings. The van der Waals surface area contributed by atoms with E-state index in [9.17, 15) is 8.42 Å². The number of methoxy groups -OCH3 is 2. The number of sulfonamides is 1. The van der Waals surface area contributed by atoms with Gasteiger partial charge in [0.1, 0.15) is 16.9 Å². The van der Waals surface area contributed by atoms with Crippen molar-refractivity contribution in [2.24, 2.45) is 5.14 Å². The first-order chi connectivity index (χ1) is 12.4. The number of benzene rings is 1. The maximum Gasteiger partial charge on any atom is 0.239 e. The highest BCUT2D eigenvalue weighted by atomic mass is 32.2. The molecule has 26 heavy (non-hydrogen) atoms. The zero-order valence-electron chi connectivity index (χ0n) is 13.9. The van der Waals surface area contributed by atoms with Crippen LogP contribution in [0.1, 0.15) is 11.3 Å². The minimum Gasteiger partial charge on any atom is -0.493 e. The third-order valence-corrected chi connectivity index (χ3v) is 4.39. The van der Waals surface area contributed by atoms with Crippen LogP contribution >= 0.6 is 0 Å². The standard InChI is InChI=1S/C17H14N4O4S/c1-24-16-6-13-14(20-10-21-15(13)7-17(16)25-2)4-3-11-5-12(9-19-8-11)26(18,22)23/h5-10H,1-2H3,(H2,18,22,23). The number of nitrogens with two attached hydrogens (primary N) is 1. The van der Waals surface area contributed by atoms with Gasteiger partial charge in [0, 0.05) is 29.4 Å². The lowest BCUT2D eigenvalue weighted by Gasteiger charge is -2.09. The number of hydrogen-bond donors (Lipinski definition) is 1. The van der Waals surface area contributed by atoms with E-state index in [1.165, 1.54) is 32.8 Å². The normalized spacial score (nSPS) is 10.9. The SMILES string of the molecule is COc1cc2ncnc(C#Cc3cncc(S(N)(=O)=O)c3)c2cc1OC. The second-order valence-electron chi connectivity index (χ2n) is 5.15. The smallest absolute Gasteiger partial charge is 0.239 e. The van der Waals surface area contributed by atoms with E-state index in [4.69, 9.17) is 14.6 Å². The van der Waals surface area contributed by atoms with Crippen LogP contribution < -0.4 is 14.6 Å². The summed E-state index contributed by atoms with van der Waals surface area (Å²) < 4.78 is 33.4. The van der Waals surface area contributed by atoms with E-state index in [2.05, 4.69) is 26.8 Å². The first-order valence-electron chi connectivity index (χ1n) is 7.29. The Morgan fingerprint density at radius 2 is 1.73 bits per heavy atom. The van der Waals surface area contributed by atoms with Gasteiger partial charge in [-0.2, -0.15) is 0 Å². The molecule has 0 aliphatic heterocycles. The molecule has 0 saturated carbocycles. The predicted octanol–water partition coefficient (Wildman–Crippen LogP) is 1.09. The molecule has 0 radical (unpaired) electrons. The third kappa shape index (κ3) is 3.56. The average Bonchev–Trinajstić information content (AvgIpc) is 2.64. The van der Waals surface area contributed by atoms with E-state index in [1.807, 2.05) is 0 Å². The van der Waals surface area contributed by atoms with Crippen LogP contribution in [0.5, 0.6) is 11.5 Å².